The number of thioether (sulfide) groups is 1. The number of carbonyl (C=O) groups is 1. The molecule has 0 aromatic heterocycles. The molecule has 0 unspecified atom stereocenters. The molecule has 0 aliphatic carbocycles. The number of hydrogen-bond donors (Lipinski definition) is 1. The molecular weight excluding hydrogens is 246 g/mol. The van der Waals surface area contributed by atoms with Crippen molar-refractivity contribution in [2.24, 2.45) is 5.41 Å². The molecule has 4 heteroatoms. The normalized spacial score (nSPS) is 14.6. The lowest BCUT2D eigenvalue weighted by atomic mass is 9.86. The van der Waals surface area contributed by atoms with E-state index in [-0.39, 0.29) is 5.97 Å². The van der Waals surface area contributed by atoms with Gasteiger partial charge in [0.25, 0.3) is 0 Å². The second-order valence-corrected chi connectivity index (χ2v) is 6.29. The number of benzene rings is 1. The summed E-state index contributed by atoms with van der Waals surface area (Å²) in [6.07, 6.45) is 0.702. The van der Waals surface area contributed by atoms with Crippen LogP contribution in [-0.4, -0.2) is 25.4 Å². The summed E-state index contributed by atoms with van der Waals surface area (Å²) >= 11 is 1.86. The van der Waals surface area contributed by atoms with E-state index in [1.807, 2.05) is 25.6 Å². The van der Waals surface area contributed by atoms with Gasteiger partial charge in [-0.15, -0.1) is 11.8 Å². The van der Waals surface area contributed by atoms with Gasteiger partial charge in [0, 0.05) is 22.9 Å². The van der Waals surface area contributed by atoms with Gasteiger partial charge in [-0.3, -0.25) is 4.79 Å². The number of fused-ring (bicyclic) bond motifs is 1. The molecule has 18 heavy (non-hydrogen) atoms. The number of methoxy groups -OCH3 is 1. The Labute approximate surface area is 112 Å². The molecule has 0 fully saturated rings. The third-order valence-electron chi connectivity index (χ3n) is 3.11. The first kappa shape index (κ1) is 13.3. The van der Waals surface area contributed by atoms with Crippen LogP contribution in [0.5, 0.6) is 0 Å². The molecule has 3 nitrogen and oxygen atoms in total. The molecule has 1 aromatic rings. The van der Waals surface area contributed by atoms with Crippen molar-refractivity contribution in [1.29, 1.82) is 0 Å². The van der Waals surface area contributed by atoms with E-state index in [4.69, 9.17) is 4.74 Å². The van der Waals surface area contributed by atoms with E-state index in [2.05, 4.69) is 23.5 Å². The zero-order chi connectivity index (χ0) is 13.2. The number of nitrogens with one attached hydrogen (secondary N) is 1. The average molecular weight is 265 g/mol. The maximum Gasteiger partial charge on any atom is 0.311 e. The van der Waals surface area contributed by atoms with Gasteiger partial charge in [0.2, 0.25) is 0 Å². The number of hydrogen-bond acceptors (Lipinski definition) is 4. The molecule has 1 N–H and O–H groups in total. The van der Waals surface area contributed by atoms with Crippen molar-refractivity contribution in [3.05, 3.63) is 23.8 Å². The third-order valence-corrected chi connectivity index (χ3v) is 4.16. The van der Waals surface area contributed by atoms with Crippen LogP contribution in [0.3, 0.4) is 0 Å². The molecule has 0 spiro atoms. The Morgan fingerprint density at radius 1 is 1.50 bits per heavy atom. The Morgan fingerprint density at radius 3 is 3.00 bits per heavy atom. The predicted molar refractivity (Wildman–Crippen MR) is 75.2 cm³/mol. The summed E-state index contributed by atoms with van der Waals surface area (Å²) in [4.78, 5) is 13.0. The fourth-order valence-corrected chi connectivity index (χ4v) is 3.10. The van der Waals surface area contributed by atoms with Crippen molar-refractivity contribution < 1.29 is 9.53 Å². The van der Waals surface area contributed by atoms with E-state index in [1.54, 1.807) is 0 Å². The lowest BCUT2D eigenvalue weighted by molar-refractivity contribution is -0.150. The maximum absolute atomic E-state index is 11.7. The highest BCUT2D eigenvalue weighted by molar-refractivity contribution is 7.99. The molecule has 1 aromatic carbocycles. The van der Waals surface area contributed by atoms with Gasteiger partial charge < -0.3 is 10.1 Å². The smallest absolute Gasteiger partial charge is 0.311 e. The second-order valence-electron chi connectivity index (χ2n) is 5.16. The molecular formula is C14H19NO2S. The minimum Gasteiger partial charge on any atom is -0.469 e. The number of rotatable bonds is 3. The van der Waals surface area contributed by atoms with Gasteiger partial charge in [0.05, 0.1) is 12.5 Å². The number of anilines is 1. The zero-order valence-corrected chi connectivity index (χ0v) is 11.9. The van der Waals surface area contributed by atoms with E-state index in [0.717, 1.165) is 12.3 Å². The first-order valence-electron chi connectivity index (χ1n) is 6.11. The van der Waals surface area contributed by atoms with E-state index in [0.29, 0.717) is 6.42 Å². The van der Waals surface area contributed by atoms with Crippen LogP contribution in [0.15, 0.2) is 23.1 Å². The topological polar surface area (TPSA) is 38.3 Å². The minimum atomic E-state index is -0.476. The van der Waals surface area contributed by atoms with Crippen molar-refractivity contribution in [3.63, 3.8) is 0 Å². The predicted octanol–water partition coefficient (Wildman–Crippen LogP) is 2.95. The monoisotopic (exact) mass is 265 g/mol. The van der Waals surface area contributed by atoms with Gasteiger partial charge >= 0.3 is 5.97 Å². The highest BCUT2D eigenvalue weighted by Gasteiger charge is 2.29. The highest BCUT2D eigenvalue weighted by atomic mass is 32.2. The largest absolute Gasteiger partial charge is 0.469 e. The molecule has 0 saturated heterocycles. The fraction of sp³-hybridized carbons (Fsp3) is 0.500. The van der Waals surface area contributed by atoms with Crippen LogP contribution in [-0.2, 0) is 16.0 Å². The van der Waals surface area contributed by atoms with Gasteiger partial charge in [0.1, 0.15) is 0 Å². The molecule has 0 atom stereocenters. The van der Waals surface area contributed by atoms with Crippen molar-refractivity contribution in [2.75, 3.05) is 24.7 Å². The lowest BCUT2D eigenvalue weighted by Gasteiger charge is -2.23. The highest BCUT2D eigenvalue weighted by Crippen LogP contribution is 2.33. The molecule has 1 aliphatic rings. The summed E-state index contributed by atoms with van der Waals surface area (Å²) in [6, 6.07) is 6.36. The molecule has 2 rings (SSSR count). The SMILES string of the molecule is COC(=O)C(C)(C)Cc1ccc2c(c1)SCCN2. The van der Waals surface area contributed by atoms with Gasteiger partial charge in [-0.25, -0.2) is 0 Å². The third kappa shape index (κ3) is 2.80. The fourth-order valence-electron chi connectivity index (χ4n) is 2.15. The van der Waals surface area contributed by atoms with Crippen LogP contribution < -0.4 is 5.32 Å². The molecule has 0 saturated carbocycles. The molecule has 1 aliphatic heterocycles. The van der Waals surface area contributed by atoms with E-state index in [1.165, 1.54) is 23.3 Å². The Kier molecular flexibility index (Phi) is 3.85. The maximum atomic E-state index is 11.7. The molecule has 1 heterocycles. The van der Waals surface area contributed by atoms with Crippen LogP contribution in [0.25, 0.3) is 0 Å². The van der Waals surface area contributed by atoms with Gasteiger partial charge in [-0.05, 0) is 38.0 Å². The van der Waals surface area contributed by atoms with Gasteiger partial charge in [-0.2, -0.15) is 0 Å². The Bertz CT molecular complexity index is 457. The van der Waals surface area contributed by atoms with E-state index < -0.39 is 5.41 Å². The Balaban J connectivity index is 2.17. The van der Waals surface area contributed by atoms with E-state index >= 15 is 0 Å². The van der Waals surface area contributed by atoms with Crippen LogP contribution in [0.2, 0.25) is 0 Å². The van der Waals surface area contributed by atoms with Gasteiger partial charge in [-0.1, -0.05) is 6.07 Å². The van der Waals surface area contributed by atoms with Crippen LogP contribution in [0, 0.1) is 5.41 Å². The summed E-state index contributed by atoms with van der Waals surface area (Å²) in [5, 5.41) is 3.37. The number of carbonyl (C=O) groups excluding carboxylic acids is 1. The minimum absolute atomic E-state index is 0.161. The molecule has 0 amide bonds. The average Bonchev–Trinajstić information content (AvgIpc) is 2.37. The van der Waals surface area contributed by atoms with E-state index in [9.17, 15) is 4.79 Å². The van der Waals surface area contributed by atoms with Crippen LogP contribution >= 0.6 is 11.8 Å². The zero-order valence-electron chi connectivity index (χ0n) is 11.1. The summed E-state index contributed by atoms with van der Waals surface area (Å²) in [5.74, 6) is 0.933. The lowest BCUT2D eigenvalue weighted by Crippen LogP contribution is -2.28. The van der Waals surface area contributed by atoms with Crippen molar-refractivity contribution in [3.8, 4) is 0 Å². The molecule has 0 bridgehead atoms. The number of ether oxygens (including phenoxy) is 1. The first-order valence-corrected chi connectivity index (χ1v) is 7.09. The van der Waals surface area contributed by atoms with Crippen molar-refractivity contribution in [2.45, 2.75) is 25.2 Å². The Hall–Kier alpha value is -1.16. The summed E-state index contributed by atoms with van der Waals surface area (Å²) < 4.78 is 4.84. The summed E-state index contributed by atoms with van der Waals surface area (Å²) in [5.41, 5.74) is 1.90. The van der Waals surface area contributed by atoms with Crippen LogP contribution in [0.4, 0.5) is 5.69 Å². The van der Waals surface area contributed by atoms with Crippen molar-refractivity contribution in [1.82, 2.24) is 0 Å². The summed E-state index contributed by atoms with van der Waals surface area (Å²) in [7, 11) is 1.44. The second kappa shape index (κ2) is 5.22. The van der Waals surface area contributed by atoms with Crippen LogP contribution in [0.1, 0.15) is 19.4 Å². The van der Waals surface area contributed by atoms with Gasteiger partial charge in [0.15, 0.2) is 0 Å². The standard InChI is InChI=1S/C14H19NO2S/c1-14(2,13(16)17-3)9-10-4-5-11-12(8-10)18-7-6-15-11/h4-5,8,15H,6-7,9H2,1-3H3. The molecule has 98 valence electrons. The quantitative estimate of drug-likeness (QED) is 0.853. The Morgan fingerprint density at radius 2 is 2.28 bits per heavy atom. The summed E-state index contributed by atoms with van der Waals surface area (Å²) in [6.45, 7) is 4.86. The van der Waals surface area contributed by atoms with Crippen molar-refractivity contribution >= 4 is 23.4 Å². The molecule has 0 radical (unpaired) electrons. The number of esters is 1. The first-order chi connectivity index (χ1) is 8.53.